The van der Waals surface area contributed by atoms with Crippen LogP contribution in [0, 0.1) is 5.82 Å². The van der Waals surface area contributed by atoms with Crippen molar-refractivity contribution in [3.63, 3.8) is 0 Å². The first-order valence-corrected chi connectivity index (χ1v) is 5.69. The number of nitrogens with zero attached hydrogens (tertiary/aromatic N) is 1. The number of aliphatic hydroxyl groups is 1. The van der Waals surface area contributed by atoms with Crippen molar-refractivity contribution in [2.24, 2.45) is 0 Å². The van der Waals surface area contributed by atoms with Gasteiger partial charge in [0.25, 0.3) is 0 Å². The Labute approximate surface area is 100.0 Å². The van der Waals surface area contributed by atoms with Gasteiger partial charge in [0.15, 0.2) is 0 Å². The van der Waals surface area contributed by atoms with Gasteiger partial charge in [-0.15, -0.1) is 0 Å². The van der Waals surface area contributed by atoms with Crippen molar-refractivity contribution in [3.8, 4) is 5.75 Å². The van der Waals surface area contributed by atoms with Gasteiger partial charge in [0.1, 0.15) is 11.6 Å². The molecule has 0 aromatic heterocycles. The van der Waals surface area contributed by atoms with Crippen LogP contribution >= 0.6 is 0 Å². The van der Waals surface area contributed by atoms with Gasteiger partial charge >= 0.3 is 0 Å². The lowest BCUT2D eigenvalue weighted by Crippen LogP contribution is -2.43. The molecule has 1 saturated heterocycles. The van der Waals surface area contributed by atoms with Gasteiger partial charge < -0.3 is 20.1 Å². The number of aliphatic hydroxyl groups excluding tert-OH is 1. The zero-order chi connectivity index (χ0) is 12.3. The normalized spacial score (nSPS) is 16.1. The maximum Gasteiger partial charge on any atom is 0.150 e. The second-order valence-electron chi connectivity index (χ2n) is 4.01. The van der Waals surface area contributed by atoms with E-state index in [9.17, 15) is 9.50 Å². The quantitative estimate of drug-likeness (QED) is 0.818. The van der Waals surface area contributed by atoms with Gasteiger partial charge in [-0.3, -0.25) is 0 Å². The van der Waals surface area contributed by atoms with Gasteiger partial charge in [-0.25, -0.2) is 4.39 Å². The summed E-state index contributed by atoms with van der Waals surface area (Å²) in [5, 5.41) is 12.4. The molecule has 0 radical (unpaired) electrons. The Morgan fingerprint density at radius 3 is 2.71 bits per heavy atom. The number of hydrogen-bond donors (Lipinski definition) is 2. The van der Waals surface area contributed by atoms with Gasteiger partial charge in [0.2, 0.25) is 0 Å². The van der Waals surface area contributed by atoms with E-state index >= 15 is 0 Å². The number of halogens is 1. The maximum atomic E-state index is 13.9. The Kier molecular flexibility index (Phi) is 3.81. The number of ether oxygens (including phenoxy) is 1. The Bertz CT molecular complexity index is 392. The molecule has 1 aliphatic rings. The smallest absolute Gasteiger partial charge is 0.150 e. The number of anilines is 1. The molecule has 2 rings (SSSR count). The second kappa shape index (κ2) is 5.33. The minimum Gasteiger partial charge on any atom is -0.496 e. The van der Waals surface area contributed by atoms with Crippen molar-refractivity contribution in [1.29, 1.82) is 0 Å². The van der Waals surface area contributed by atoms with E-state index < -0.39 is 0 Å². The second-order valence-corrected chi connectivity index (χ2v) is 4.01. The Morgan fingerprint density at radius 2 is 2.12 bits per heavy atom. The zero-order valence-electron chi connectivity index (χ0n) is 9.87. The summed E-state index contributed by atoms with van der Waals surface area (Å²) >= 11 is 0. The first kappa shape index (κ1) is 12.1. The average molecular weight is 240 g/mol. The Balaban J connectivity index is 2.32. The monoisotopic (exact) mass is 240 g/mol. The molecule has 0 amide bonds. The van der Waals surface area contributed by atoms with Crippen molar-refractivity contribution >= 4 is 5.69 Å². The number of piperazine rings is 1. The summed E-state index contributed by atoms with van der Waals surface area (Å²) in [6.07, 6.45) is 0. The molecule has 17 heavy (non-hydrogen) atoms. The minimum absolute atomic E-state index is 0.150. The Morgan fingerprint density at radius 1 is 1.41 bits per heavy atom. The molecule has 1 fully saturated rings. The molecule has 1 heterocycles. The van der Waals surface area contributed by atoms with Gasteiger partial charge in [-0.1, -0.05) is 0 Å². The van der Waals surface area contributed by atoms with Crippen LogP contribution in [0.15, 0.2) is 12.1 Å². The first-order chi connectivity index (χ1) is 8.26. The fourth-order valence-electron chi connectivity index (χ4n) is 2.05. The van der Waals surface area contributed by atoms with E-state index in [1.54, 1.807) is 6.07 Å². The molecular weight excluding hydrogens is 223 g/mol. The lowest BCUT2D eigenvalue weighted by molar-refractivity contribution is 0.273. The van der Waals surface area contributed by atoms with E-state index in [2.05, 4.69) is 5.32 Å². The molecule has 2 N–H and O–H groups in total. The van der Waals surface area contributed by atoms with Crippen LogP contribution in [0.1, 0.15) is 5.56 Å². The lowest BCUT2D eigenvalue weighted by Gasteiger charge is -2.30. The van der Waals surface area contributed by atoms with E-state index in [0.717, 1.165) is 26.2 Å². The topological polar surface area (TPSA) is 44.7 Å². The number of nitrogens with one attached hydrogen (secondary N) is 1. The van der Waals surface area contributed by atoms with Crippen LogP contribution in [0.4, 0.5) is 10.1 Å². The molecule has 1 aliphatic heterocycles. The highest BCUT2D eigenvalue weighted by molar-refractivity contribution is 5.54. The third-order valence-electron chi connectivity index (χ3n) is 2.98. The molecule has 4 nitrogen and oxygen atoms in total. The van der Waals surface area contributed by atoms with Crippen molar-refractivity contribution in [3.05, 3.63) is 23.5 Å². The molecule has 0 atom stereocenters. The lowest BCUT2D eigenvalue weighted by atomic mass is 10.1. The van der Waals surface area contributed by atoms with Crippen molar-refractivity contribution < 1.29 is 14.2 Å². The Hall–Kier alpha value is -1.33. The van der Waals surface area contributed by atoms with Crippen molar-refractivity contribution in [1.82, 2.24) is 5.32 Å². The fourth-order valence-corrected chi connectivity index (χ4v) is 2.05. The molecule has 1 aromatic carbocycles. The highest BCUT2D eigenvalue weighted by atomic mass is 19.1. The highest BCUT2D eigenvalue weighted by Crippen LogP contribution is 2.28. The molecule has 0 aliphatic carbocycles. The van der Waals surface area contributed by atoms with Crippen LogP contribution in [-0.4, -0.2) is 38.4 Å². The summed E-state index contributed by atoms with van der Waals surface area (Å²) in [6, 6.07) is 3.00. The molecule has 0 saturated carbocycles. The van der Waals surface area contributed by atoms with Crippen molar-refractivity contribution in [2.45, 2.75) is 6.61 Å². The maximum absolute atomic E-state index is 13.9. The third-order valence-corrected chi connectivity index (χ3v) is 2.98. The van der Waals surface area contributed by atoms with E-state index in [-0.39, 0.29) is 12.4 Å². The fraction of sp³-hybridized carbons (Fsp3) is 0.500. The molecule has 0 bridgehead atoms. The van der Waals surface area contributed by atoms with Crippen molar-refractivity contribution in [2.75, 3.05) is 38.2 Å². The molecular formula is C12H17FN2O2. The molecule has 94 valence electrons. The zero-order valence-corrected chi connectivity index (χ0v) is 9.87. The largest absolute Gasteiger partial charge is 0.496 e. The summed E-state index contributed by atoms with van der Waals surface area (Å²) < 4.78 is 18.9. The van der Waals surface area contributed by atoms with Gasteiger partial charge in [-0.2, -0.15) is 0 Å². The molecule has 1 aromatic rings. The van der Waals surface area contributed by atoms with E-state index in [1.807, 2.05) is 4.90 Å². The summed E-state index contributed by atoms with van der Waals surface area (Å²) in [6.45, 7) is 3.09. The number of benzene rings is 1. The van der Waals surface area contributed by atoms with Gasteiger partial charge in [0.05, 0.1) is 19.4 Å². The van der Waals surface area contributed by atoms with E-state index in [0.29, 0.717) is 17.0 Å². The third kappa shape index (κ3) is 2.50. The predicted molar refractivity (Wildman–Crippen MR) is 64.0 cm³/mol. The van der Waals surface area contributed by atoms with E-state index in [4.69, 9.17) is 4.74 Å². The standard InChI is InChI=1S/C12H17FN2O2/c1-17-12-7-10(13)11(6-9(12)8-16)15-4-2-14-3-5-15/h6-7,14,16H,2-5,8H2,1H3. The summed E-state index contributed by atoms with van der Waals surface area (Å²) in [4.78, 5) is 1.98. The summed E-state index contributed by atoms with van der Waals surface area (Å²) in [5.41, 5.74) is 1.15. The van der Waals surface area contributed by atoms with Crippen LogP contribution in [0.2, 0.25) is 0 Å². The van der Waals surface area contributed by atoms with Crippen LogP contribution in [-0.2, 0) is 6.61 Å². The first-order valence-electron chi connectivity index (χ1n) is 5.69. The average Bonchev–Trinajstić information content (AvgIpc) is 2.39. The summed E-state index contributed by atoms with van der Waals surface area (Å²) in [7, 11) is 1.47. The molecule has 0 unspecified atom stereocenters. The number of rotatable bonds is 3. The number of methoxy groups -OCH3 is 1. The van der Waals surface area contributed by atoms with Gasteiger partial charge in [0, 0.05) is 37.8 Å². The molecule has 5 heteroatoms. The number of hydrogen-bond acceptors (Lipinski definition) is 4. The van der Waals surface area contributed by atoms with Crippen LogP contribution in [0.3, 0.4) is 0 Å². The van der Waals surface area contributed by atoms with Gasteiger partial charge in [-0.05, 0) is 6.07 Å². The SMILES string of the molecule is COc1cc(F)c(N2CCNCC2)cc1CO. The van der Waals surface area contributed by atoms with Crippen LogP contribution in [0.25, 0.3) is 0 Å². The predicted octanol–water partition coefficient (Wildman–Crippen LogP) is 0.736. The van der Waals surface area contributed by atoms with E-state index in [1.165, 1.54) is 13.2 Å². The summed E-state index contributed by atoms with van der Waals surface area (Å²) in [5.74, 6) is 0.0878. The highest BCUT2D eigenvalue weighted by Gasteiger charge is 2.17. The van der Waals surface area contributed by atoms with Crippen LogP contribution < -0.4 is 15.0 Å². The minimum atomic E-state index is -0.305. The molecule has 0 spiro atoms. The van der Waals surface area contributed by atoms with Crippen LogP contribution in [0.5, 0.6) is 5.75 Å².